The van der Waals surface area contributed by atoms with Crippen LogP contribution >= 0.6 is 22.7 Å². The van der Waals surface area contributed by atoms with E-state index in [1.165, 1.54) is 17.4 Å². The van der Waals surface area contributed by atoms with Crippen LogP contribution < -0.4 is 4.74 Å². The Morgan fingerprint density at radius 3 is 2.76 bits per heavy atom. The summed E-state index contributed by atoms with van der Waals surface area (Å²) < 4.78 is 45.5. The van der Waals surface area contributed by atoms with E-state index in [0.29, 0.717) is 5.69 Å². The summed E-state index contributed by atoms with van der Waals surface area (Å²) in [5.41, 5.74) is -0.295. The standard InChI is InChI=1S/C18H10F3N5OS2/c19-18(20,21)11-4-10(16-14(7-22)24-26-25-16)5-13(6-11)27-8-12-9-29-17(23-12)15-2-1-3-28-15/h1-6,9H,8H2,(H,24,25,26). The number of aromatic amines is 1. The number of benzene rings is 1. The summed E-state index contributed by atoms with van der Waals surface area (Å²) >= 11 is 2.99. The van der Waals surface area contributed by atoms with Gasteiger partial charge in [0.25, 0.3) is 0 Å². The predicted octanol–water partition coefficient (Wildman–Crippen LogP) is 5.13. The van der Waals surface area contributed by atoms with Gasteiger partial charge in [0.15, 0.2) is 5.69 Å². The number of thiophene rings is 1. The molecule has 0 unspecified atom stereocenters. The second kappa shape index (κ2) is 7.65. The highest BCUT2D eigenvalue weighted by molar-refractivity contribution is 7.20. The Kier molecular flexibility index (Phi) is 5.04. The van der Waals surface area contributed by atoms with Crippen LogP contribution in [-0.4, -0.2) is 20.4 Å². The van der Waals surface area contributed by atoms with E-state index in [-0.39, 0.29) is 29.3 Å². The number of hydrogen-bond acceptors (Lipinski definition) is 7. The number of nitrogens with zero attached hydrogens (tertiary/aromatic N) is 4. The average Bonchev–Trinajstić information content (AvgIpc) is 3.46. The topological polar surface area (TPSA) is 87.5 Å². The molecule has 0 atom stereocenters. The molecular weight excluding hydrogens is 423 g/mol. The van der Waals surface area contributed by atoms with Crippen LogP contribution in [0.25, 0.3) is 21.1 Å². The highest BCUT2D eigenvalue weighted by Gasteiger charge is 2.32. The third-order valence-electron chi connectivity index (χ3n) is 3.83. The first-order chi connectivity index (χ1) is 13.9. The summed E-state index contributed by atoms with van der Waals surface area (Å²) in [5.74, 6) is -0.00705. The number of ether oxygens (including phenoxy) is 1. The van der Waals surface area contributed by atoms with E-state index in [2.05, 4.69) is 20.4 Å². The molecule has 3 heterocycles. The molecule has 0 radical (unpaired) electrons. The molecule has 146 valence electrons. The van der Waals surface area contributed by atoms with Crippen LogP contribution in [0.1, 0.15) is 17.0 Å². The van der Waals surface area contributed by atoms with Gasteiger partial charge in [-0.05, 0) is 29.6 Å². The summed E-state index contributed by atoms with van der Waals surface area (Å²) in [7, 11) is 0. The number of alkyl halides is 3. The van der Waals surface area contributed by atoms with Crippen molar-refractivity contribution >= 4 is 22.7 Å². The quantitative estimate of drug-likeness (QED) is 0.472. The van der Waals surface area contributed by atoms with Gasteiger partial charge in [-0.3, -0.25) is 0 Å². The average molecular weight is 433 g/mol. The molecule has 1 N–H and O–H groups in total. The van der Waals surface area contributed by atoms with Crippen molar-refractivity contribution < 1.29 is 17.9 Å². The molecule has 0 amide bonds. The molecule has 3 aromatic heterocycles. The number of H-pyrrole nitrogens is 1. The zero-order valence-electron chi connectivity index (χ0n) is 14.4. The maximum atomic E-state index is 13.3. The van der Waals surface area contributed by atoms with Gasteiger partial charge in [0.1, 0.15) is 29.1 Å². The number of aromatic nitrogens is 4. The van der Waals surface area contributed by atoms with Gasteiger partial charge in [0.05, 0.1) is 16.1 Å². The first-order valence-electron chi connectivity index (χ1n) is 8.08. The Balaban J connectivity index is 1.61. The van der Waals surface area contributed by atoms with Gasteiger partial charge in [0, 0.05) is 10.9 Å². The van der Waals surface area contributed by atoms with Crippen molar-refractivity contribution in [3.8, 4) is 33.0 Å². The normalized spacial score (nSPS) is 11.4. The summed E-state index contributed by atoms with van der Waals surface area (Å²) in [6.45, 7) is 0.00650. The molecule has 6 nitrogen and oxygen atoms in total. The Morgan fingerprint density at radius 2 is 2.03 bits per heavy atom. The van der Waals surface area contributed by atoms with E-state index in [1.807, 2.05) is 17.5 Å². The minimum absolute atomic E-state index is 0.00650. The monoisotopic (exact) mass is 433 g/mol. The number of rotatable bonds is 5. The van der Waals surface area contributed by atoms with Crippen LogP contribution in [0.2, 0.25) is 0 Å². The molecule has 0 fully saturated rings. The zero-order chi connectivity index (χ0) is 20.4. The zero-order valence-corrected chi connectivity index (χ0v) is 16.0. The van der Waals surface area contributed by atoms with Crippen molar-refractivity contribution in [2.24, 2.45) is 0 Å². The van der Waals surface area contributed by atoms with Gasteiger partial charge < -0.3 is 4.74 Å². The lowest BCUT2D eigenvalue weighted by Gasteiger charge is -2.12. The number of thiazole rings is 1. The van der Waals surface area contributed by atoms with Crippen LogP contribution in [0.5, 0.6) is 5.75 Å². The Hall–Kier alpha value is -3.23. The van der Waals surface area contributed by atoms with Crippen LogP contribution in [0, 0.1) is 11.3 Å². The third kappa shape index (κ3) is 4.13. The minimum atomic E-state index is -4.59. The molecule has 4 aromatic rings. The van der Waals surface area contributed by atoms with E-state index in [9.17, 15) is 13.2 Å². The van der Waals surface area contributed by atoms with Crippen molar-refractivity contribution in [2.75, 3.05) is 0 Å². The predicted molar refractivity (Wildman–Crippen MR) is 101 cm³/mol. The lowest BCUT2D eigenvalue weighted by Crippen LogP contribution is -2.06. The second-order valence-corrected chi connectivity index (χ2v) is 7.59. The van der Waals surface area contributed by atoms with E-state index in [0.717, 1.165) is 22.0 Å². The van der Waals surface area contributed by atoms with Crippen LogP contribution in [0.4, 0.5) is 13.2 Å². The summed E-state index contributed by atoms with van der Waals surface area (Å²) in [6.07, 6.45) is -4.59. The summed E-state index contributed by atoms with van der Waals surface area (Å²) in [6, 6.07) is 8.85. The van der Waals surface area contributed by atoms with Gasteiger partial charge in [0.2, 0.25) is 0 Å². The highest BCUT2D eigenvalue weighted by atomic mass is 32.1. The highest BCUT2D eigenvalue weighted by Crippen LogP contribution is 2.36. The van der Waals surface area contributed by atoms with E-state index >= 15 is 0 Å². The number of nitriles is 1. The molecule has 1 aromatic carbocycles. The SMILES string of the molecule is N#Cc1n[nH]nc1-c1cc(OCc2csc(-c3cccs3)n2)cc(C(F)(F)F)c1. The van der Waals surface area contributed by atoms with Gasteiger partial charge in [-0.25, -0.2) is 4.98 Å². The molecule has 29 heavy (non-hydrogen) atoms. The lowest BCUT2D eigenvalue weighted by atomic mass is 10.1. The first-order valence-corrected chi connectivity index (χ1v) is 9.84. The fourth-order valence-corrected chi connectivity index (χ4v) is 4.16. The Bertz CT molecular complexity index is 1180. The number of nitrogens with one attached hydrogen (secondary N) is 1. The van der Waals surface area contributed by atoms with Crippen LogP contribution in [-0.2, 0) is 12.8 Å². The summed E-state index contributed by atoms with van der Waals surface area (Å²) in [4.78, 5) is 5.46. The van der Waals surface area contributed by atoms with Gasteiger partial charge in [-0.2, -0.15) is 28.7 Å². The minimum Gasteiger partial charge on any atom is -0.487 e. The number of halogens is 3. The fourth-order valence-electron chi connectivity index (χ4n) is 2.54. The molecule has 0 saturated carbocycles. The summed E-state index contributed by atoms with van der Waals surface area (Å²) in [5, 5.41) is 23.3. The lowest BCUT2D eigenvalue weighted by molar-refractivity contribution is -0.137. The second-order valence-electron chi connectivity index (χ2n) is 5.79. The van der Waals surface area contributed by atoms with Crippen molar-refractivity contribution in [1.82, 2.24) is 20.4 Å². The van der Waals surface area contributed by atoms with Crippen molar-refractivity contribution in [3.05, 3.63) is 58.0 Å². The smallest absolute Gasteiger partial charge is 0.416 e. The molecule has 0 aliphatic heterocycles. The molecule has 0 aliphatic carbocycles. The molecule has 4 rings (SSSR count). The largest absolute Gasteiger partial charge is 0.487 e. The molecule has 0 aliphatic rings. The molecule has 11 heteroatoms. The maximum Gasteiger partial charge on any atom is 0.416 e. The fraction of sp³-hybridized carbons (Fsp3) is 0.111. The molecule has 0 spiro atoms. The van der Waals surface area contributed by atoms with E-state index in [1.54, 1.807) is 22.8 Å². The van der Waals surface area contributed by atoms with E-state index in [4.69, 9.17) is 10.00 Å². The van der Waals surface area contributed by atoms with E-state index < -0.39 is 11.7 Å². The van der Waals surface area contributed by atoms with Gasteiger partial charge >= 0.3 is 6.18 Å². The molecule has 0 saturated heterocycles. The molecule has 0 bridgehead atoms. The van der Waals surface area contributed by atoms with Crippen LogP contribution in [0.15, 0.2) is 41.1 Å². The maximum absolute atomic E-state index is 13.3. The van der Waals surface area contributed by atoms with Crippen molar-refractivity contribution in [2.45, 2.75) is 12.8 Å². The van der Waals surface area contributed by atoms with Crippen molar-refractivity contribution in [1.29, 1.82) is 5.26 Å². The van der Waals surface area contributed by atoms with Crippen molar-refractivity contribution in [3.63, 3.8) is 0 Å². The Labute approximate surface area is 170 Å². The van der Waals surface area contributed by atoms with Gasteiger partial charge in [-0.1, -0.05) is 6.07 Å². The number of hydrogen-bond donors (Lipinski definition) is 1. The van der Waals surface area contributed by atoms with Crippen LogP contribution in [0.3, 0.4) is 0 Å². The molecular formula is C18H10F3N5OS2. The first kappa shape index (κ1) is 19.1. The Morgan fingerprint density at radius 1 is 1.17 bits per heavy atom. The third-order valence-corrected chi connectivity index (χ3v) is 5.76. The van der Waals surface area contributed by atoms with Gasteiger partial charge in [-0.15, -0.1) is 27.8 Å².